The summed E-state index contributed by atoms with van der Waals surface area (Å²) in [5.41, 5.74) is 0.867. The molecule has 6 heteroatoms. The van der Waals surface area contributed by atoms with Crippen LogP contribution < -0.4 is 15.5 Å². The minimum absolute atomic E-state index is 0.00460. The number of ether oxygens (including phenoxy) is 1. The third-order valence-electron chi connectivity index (χ3n) is 4.62. The standard InChI is InChI=1S/C18H28BNO4/c1-12(2)20-16(21)11-13-8-9-15(22-7)14(10-13)19-23-17(3,4)18(5,6)24-19/h8-10,12H,11H2,1-7H3,(H,20,21). The lowest BCUT2D eigenvalue weighted by Crippen LogP contribution is -2.41. The van der Waals surface area contributed by atoms with Gasteiger partial charge >= 0.3 is 7.12 Å². The van der Waals surface area contributed by atoms with Crippen LogP contribution in [0.5, 0.6) is 5.75 Å². The minimum atomic E-state index is -0.516. The molecule has 1 aromatic carbocycles. The second-order valence-corrected chi connectivity index (χ2v) is 7.56. The minimum Gasteiger partial charge on any atom is -0.497 e. The van der Waals surface area contributed by atoms with Gasteiger partial charge in [0.05, 0.1) is 24.7 Å². The second-order valence-electron chi connectivity index (χ2n) is 7.56. The van der Waals surface area contributed by atoms with Crippen molar-refractivity contribution >= 4 is 18.5 Å². The van der Waals surface area contributed by atoms with Crippen LogP contribution in [0, 0.1) is 0 Å². The van der Waals surface area contributed by atoms with Gasteiger partial charge in [0.2, 0.25) is 5.91 Å². The van der Waals surface area contributed by atoms with E-state index in [0.717, 1.165) is 11.0 Å². The molecular formula is C18H28BNO4. The van der Waals surface area contributed by atoms with Crippen molar-refractivity contribution in [3.05, 3.63) is 23.8 Å². The zero-order valence-electron chi connectivity index (χ0n) is 15.7. The van der Waals surface area contributed by atoms with Crippen molar-refractivity contribution in [3.63, 3.8) is 0 Å². The zero-order chi connectivity index (χ0) is 18.1. The Hall–Kier alpha value is -1.53. The van der Waals surface area contributed by atoms with Gasteiger partial charge in [0.25, 0.3) is 0 Å². The second kappa shape index (κ2) is 6.77. The fourth-order valence-electron chi connectivity index (χ4n) is 2.61. The van der Waals surface area contributed by atoms with E-state index in [9.17, 15) is 4.79 Å². The molecule has 1 aliphatic heterocycles. The Bertz CT molecular complexity index is 597. The number of nitrogens with one attached hydrogen (secondary N) is 1. The van der Waals surface area contributed by atoms with Gasteiger partial charge in [-0.3, -0.25) is 4.79 Å². The summed E-state index contributed by atoms with van der Waals surface area (Å²) in [6.45, 7) is 11.9. The first-order valence-corrected chi connectivity index (χ1v) is 8.37. The molecule has 0 bridgehead atoms. The first-order valence-electron chi connectivity index (χ1n) is 8.37. The van der Waals surface area contributed by atoms with Crippen molar-refractivity contribution in [3.8, 4) is 5.75 Å². The van der Waals surface area contributed by atoms with Crippen LogP contribution >= 0.6 is 0 Å². The largest absolute Gasteiger partial charge is 0.498 e. The van der Waals surface area contributed by atoms with Crippen LogP contribution in [0.1, 0.15) is 47.1 Å². The van der Waals surface area contributed by atoms with Crippen molar-refractivity contribution in [2.45, 2.75) is 65.2 Å². The summed E-state index contributed by atoms with van der Waals surface area (Å²) in [6, 6.07) is 5.81. The van der Waals surface area contributed by atoms with Crippen molar-refractivity contribution in [1.29, 1.82) is 0 Å². The molecule has 0 saturated carbocycles. The maximum absolute atomic E-state index is 12.0. The topological polar surface area (TPSA) is 56.8 Å². The molecular weight excluding hydrogens is 305 g/mol. The molecule has 5 nitrogen and oxygen atoms in total. The predicted molar refractivity (Wildman–Crippen MR) is 95.7 cm³/mol. The van der Waals surface area contributed by atoms with Gasteiger partial charge in [-0.1, -0.05) is 12.1 Å². The number of rotatable bonds is 5. The Kier molecular flexibility index (Phi) is 5.30. The number of carbonyl (C=O) groups excluding carboxylic acids is 1. The van der Waals surface area contributed by atoms with E-state index in [-0.39, 0.29) is 11.9 Å². The van der Waals surface area contributed by atoms with Crippen molar-refractivity contribution < 1.29 is 18.8 Å². The Balaban J connectivity index is 2.26. The fraction of sp³-hybridized carbons (Fsp3) is 0.611. The summed E-state index contributed by atoms with van der Waals surface area (Å²) in [5, 5.41) is 2.90. The monoisotopic (exact) mass is 333 g/mol. The summed E-state index contributed by atoms with van der Waals surface area (Å²) in [5.74, 6) is 0.691. The average molecular weight is 333 g/mol. The van der Waals surface area contributed by atoms with E-state index in [0.29, 0.717) is 12.2 Å². The quantitative estimate of drug-likeness (QED) is 0.838. The van der Waals surface area contributed by atoms with Crippen LogP contribution in [0.4, 0.5) is 0 Å². The molecule has 1 heterocycles. The molecule has 0 spiro atoms. The highest BCUT2D eigenvalue weighted by atomic mass is 16.7. The van der Waals surface area contributed by atoms with Crippen LogP contribution in [-0.2, 0) is 20.5 Å². The van der Waals surface area contributed by atoms with Crippen LogP contribution in [-0.4, -0.2) is 37.4 Å². The third-order valence-corrected chi connectivity index (χ3v) is 4.62. The van der Waals surface area contributed by atoms with Crippen LogP contribution in [0.25, 0.3) is 0 Å². The first kappa shape index (κ1) is 18.8. The maximum Gasteiger partial charge on any atom is 0.498 e. The summed E-state index contributed by atoms with van der Waals surface area (Å²) in [7, 11) is 1.10. The number of benzene rings is 1. The van der Waals surface area contributed by atoms with Crippen molar-refractivity contribution in [2.24, 2.45) is 0 Å². The highest BCUT2D eigenvalue weighted by Gasteiger charge is 2.52. The molecule has 0 atom stereocenters. The van der Waals surface area contributed by atoms with E-state index in [1.54, 1.807) is 7.11 Å². The fourth-order valence-corrected chi connectivity index (χ4v) is 2.61. The van der Waals surface area contributed by atoms with Crippen molar-refractivity contribution in [2.75, 3.05) is 7.11 Å². The van der Waals surface area contributed by atoms with Crippen LogP contribution in [0.2, 0.25) is 0 Å². The van der Waals surface area contributed by atoms with Gasteiger partial charge in [0.15, 0.2) is 0 Å². The number of methoxy groups -OCH3 is 1. The normalized spacial score (nSPS) is 18.8. The molecule has 2 rings (SSSR count). The van der Waals surface area contributed by atoms with Gasteiger partial charge in [-0.05, 0) is 53.2 Å². The number of hydrogen-bond acceptors (Lipinski definition) is 4. The van der Waals surface area contributed by atoms with Crippen LogP contribution in [0.3, 0.4) is 0 Å². The van der Waals surface area contributed by atoms with E-state index in [4.69, 9.17) is 14.0 Å². The molecule has 0 aromatic heterocycles. The number of carbonyl (C=O) groups is 1. The Morgan fingerprint density at radius 1 is 1.21 bits per heavy atom. The molecule has 1 N–H and O–H groups in total. The Morgan fingerprint density at radius 3 is 2.29 bits per heavy atom. The molecule has 1 aliphatic rings. The molecule has 1 amide bonds. The number of amides is 1. The van der Waals surface area contributed by atoms with E-state index in [1.165, 1.54) is 0 Å². The van der Waals surface area contributed by atoms with Gasteiger partial charge < -0.3 is 19.4 Å². The van der Waals surface area contributed by atoms with Gasteiger partial charge in [-0.2, -0.15) is 0 Å². The van der Waals surface area contributed by atoms with Crippen LogP contribution in [0.15, 0.2) is 18.2 Å². The average Bonchev–Trinajstić information content (AvgIpc) is 2.66. The molecule has 1 aromatic rings. The zero-order valence-corrected chi connectivity index (χ0v) is 15.7. The van der Waals surface area contributed by atoms with Crippen molar-refractivity contribution in [1.82, 2.24) is 5.32 Å². The summed E-state index contributed by atoms with van der Waals surface area (Å²) in [6.07, 6.45) is 0.314. The van der Waals surface area contributed by atoms with E-state index >= 15 is 0 Å². The molecule has 0 radical (unpaired) electrons. The predicted octanol–water partition coefficient (Wildman–Crippen LogP) is 2.06. The Morgan fingerprint density at radius 2 is 1.79 bits per heavy atom. The summed E-state index contributed by atoms with van der Waals surface area (Å²) >= 11 is 0. The highest BCUT2D eigenvalue weighted by molar-refractivity contribution is 6.63. The van der Waals surface area contributed by atoms with E-state index in [2.05, 4.69) is 5.32 Å². The lowest BCUT2D eigenvalue weighted by Gasteiger charge is -2.32. The smallest absolute Gasteiger partial charge is 0.497 e. The van der Waals surface area contributed by atoms with E-state index in [1.807, 2.05) is 59.7 Å². The molecule has 1 saturated heterocycles. The molecule has 0 aliphatic carbocycles. The lowest BCUT2D eigenvalue weighted by molar-refractivity contribution is -0.120. The summed E-state index contributed by atoms with van der Waals surface area (Å²) in [4.78, 5) is 12.0. The molecule has 24 heavy (non-hydrogen) atoms. The number of hydrogen-bond donors (Lipinski definition) is 1. The molecule has 132 valence electrons. The molecule has 1 fully saturated rings. The van der Waals surface area contributed by atoms with E-state index < -0.39 is 18.3 Å². The van der Waals surface area contributed by atoms with Gasteiger partial charge in [0, 0.05) is 11.5 Å². The molecule has 0 unspecified atom stereocenters. The van der Waals surface area contributed by atoms with Gasteiger partial charge in [0.1, 0.15) is 5.75 Å². The lowest BCUT2D eigenvalue weighted by atomic mass is 9.77. The maximum atomic E-state index is 12.0. The SMILES string of the molecule is COc1ccc(CC(=O)NC(C)C)cc1B1OC(C)(C)C(C)(C)O1. The first-order chi connectivity index (χ1) is 11.1. The van der Waals surface area contributed by atoms with Gasteiger partial charge in [-0.25, -0.2) is 0 Å². The van der Waals surface area contributed by atoms with Gasteiger partial charge in [-0.15, -0.1) is 0 Å². The highest BCUT2D eigenvalue weighted by Crippen LogP contribution is 2.37. The summed E-state index contributed by atoms with van der Waals surface area (Å²) < 4.78 is 17.7. The third kappa shape index (κ3) is 3.93. The Labute approximate surface area is 145 Å².